The topological polar surface area (TPSA) is 27.6 Å². The third-order valence-corrected chi connectivity index (χ3v) is 3.64. The quantitative estimate of drug-likeness (QED) is 0.473. The highest BCUT2D eigenvalue weighted by molar-refractivity contribution is 14.0. The molecule has 0 saturated carbocycles. The van der Waals surface area contributed by atoms with Gasteiger partial charge in [-0.25, -0.2) is 9.38 Å². The maximum Gasteiger partial charge on any atom is 0.194 e. The zero-order valence-electron chi connectivity index (χ0n) is 13.0. The summed E-state index contributed by atoms with van der Waals surface area (Å²) in [5, 5.41) is 3.35. The SMILES string of the molecule is CCNC(=NCc1ccc(F)cc1)N1CCC(C)(C)C1.I. The molecule has 0 spiro atoms. The Morgan fingerprint density at radius 3 is 2.52 bits per heavy atom. The maximum absolute atomic E-state index is 12.9. The summed E-state index contributed by atoms with van der Waals surface area (Å²) in [4.78, 5) is 6.98. The van der Waals surface area contributed by atoms with Crippen molar-refractivity contribution in [2.45, 2.75) is 33.7 Å². The van der Waals surface area contributed by atoms with E-state index >= 15 is 0 Å². The summed E-state index contributed by atoms with van der Waals surface area (Å²) < 4.78 is 12.9. The molecule has 1 aliphatic rings. The van der Waals surface area contributed by atoms with Gasteiger partial charge >= 0.3 is 0 Å². The highest BCUT2D eigenvalue weighted by Crippen LogP contribution is 2.28. The van der Waals surface area contributed by atoms with Gasteiger partial charge in [-0.15, -0.1) is 24.0 Å². The van der Waals surface area contributed by atoms with Crippen LogP contribution in [-0.4, -0.2) is 30.5 Å². The molecule has 0 bridgehead atoms. The predicted molar refractivity (Wildman–Crippen MR) is 96.6 cm³/mol. The highest BCUT2D eigenvalue weighted by Gasteiger charge is 2.30. The lowest BCUT2D eigenvalue weighted by molar-refractivity contribution is 0.370. The van der Waals surface area contributed by atoms with Gasteiger partial charge in [0.15, 0.2) is 5.96 Å². The standard InChI is InChI=1S/C16H24FN3.HI/c1-4-18-15(20-10-9-16(2,3)12-20)19-11-13-5-7-14(17)8-6-13;/h5-8H,4,9-12H2,1-3H3,(H,18,19);1H. The number of guanidine groups is 1. The van der Waals surface area contributed by atoms with Crippen LogP contribution in [0.2, 0.25) is 0 Å². The molecule has 1 aliphatic heterocycles. The Bertz CT molecular complexity index is 471. The molecule has 21 heavy (non-hydrogen) atoms. The molecule has 2 rings (SSSR count). The minimum atomic E-state index is -0.203. The van der Waals surface area contributed by atoms with E-state index in [1.54, 1.807) is 12.1 Å². The van der Waals surface area contributed by atoms with E-state index in [9.17, 15) is 4.39 Å². The van der Waals surface area contributed by atoms with Gasteiger partial charge in [-0.3, -0.25) is 0 Å². The molecule has 0 unspecified atom stereocenters. The fourth-order valence-corrected chi connectivity index (χ4v) is 2.48. The molecule has 1 heterocycles. The van der Waals surface area contributed by atoms with Crippen LogP contribution in [-0.2, 0) is 6.54 Å². The fourth-order valence-electron chi connectivity index (χ4n) is 2.48. The third-order valence-electron chi connectivity index (χ3n) is 3.64. The second kappa shape index (κ2) is 7.96. The summed E-state index contributed by atoms with van der Waals surface area (Å²) in [5.74, 6) is 0.758. The Balaban J connectivity index is 0.00000220. The van der Waals surface area contributed by atoms with Crippen molar-refractivity contribution in [2.24, 2.45) is 10.4 Å². The lowest BCUT2D eigenvalue weighted by atomic mass is 9.93. The van der Waals surface area contributed by atoms with Gasteiger partial charge in [-0.2, -0.15) is 0 Å². The van der Waals surface area contributed by atoms with Crippen molar-refractivity contribution in [1.29, 1.82) is 0 Å². The first-order valence-electron chi connectivity index (χ1n) is 7.28. The molecule has 5 heteroatoms. The molecule has 1 saturated heterocycles. The summed E-state index contributed by atoms with van der Waals surface area (Å²) in [5.41, 5.74) is 1.38. The number of halogens is 2. The van der Waals surface area contributed by atoms with Crippen molar-refractivity contribution in [2.75, 3.05) is 19.6 Å². The molecule has 1 N–H and O–H groups in total. The van der Waals surface area contributed by atoms with E-state index in [2.05, 4.69) is 36.0 Å². The Morgan fingerprint density at radius 2 is 2.00 bits per heavy atom. The van der Waals surface area contributed by atoms with E-state index in [1.807, 2.05) is 0 Å². The van der Waals surface area contributed by atoms with E-state index in [-0.39, 0.29) is 29.8 Å². The van der Waals surface area contributed by atoms with E-state index in [0.717, 1.165) is 31.2 Å². The van der Waals surface area contributed by atoms with Crippen LogP contribution in [0.3, 0.4) is 0 Å². The first-order valence-corrected chi connectivity index (χ1v) is 7.28. The smallest absolute Gasteiger partial charge is 0.194 e. The molecule has 1 aromatic rings. The first-order chi connectivity index (χ1) is 9.50. The van der Waals surface area contributed by atoms with Gasteiger partial charge in [0.25, 0.3) is 0 Å². The largest absolute Gasteiger partial charge is 0.357 e. The molecule has 3 nitrogen and oxygen atoms in total. The Morgan fingerprint density at radius 1 is 1.33 bits per heavy atom. The van der Waals surface area contributed by atoms with Gasteiger partial charge in [0, 0.05) is 19.6 Å². The number of benzene rings is 1. The summed E-state index contributed by atoms with van der Waals surface area (Å²) in [7, 11) is 0. The zero-order chi connectivity index (χ0) is 14.6. The van der Waals surface area contributed by atoms with E-state index in [4.69, 9.17) is 0 Å². The molecule has 118 valence electrons. The minimum absolute atomic E-state index is 0. The first kappa shape index (κ1) is 18.2. The van der Waals surface area contributed by atoms with Crippen LogP contribution in [0.15, 0.2) is 29.3 Å². The molecule has 0 atom stereocenters. The number of nitrogens with zero attached hydrogens (tertiary/aromatic N) is 2. The monoisotopic (exact) mass is 405 g/mol. The van der Waals surface area contributed by atoms with Gasteiger partial charge in [0.2, 0.25) is 0 Å². The molecule has 1 aromatic carbocycles. The molecular weight excluding hydrogens is 380 g/mol. The molecular formula is C16H25FIN3. The Labute approximate surface area is 144 Å². The van der Waals surface area contributed by atoms with Crippen molar-refractivity contribution in [3.63, 3.8) is 0 Å². The van der Waals surface area contributed by atoms with Gasteiger partial charge in [-0.05, 0) is 36.5 Å². The normalized spacial score (nSPS) is 17.5. The van der Waals surface area contributed by atoms with Crippen LogP contribution in [0.25, 0.3) is 0 Å². The van der Waals surface area contributed by atoms with Crippen molar-refractivity contribution in [1.82, 2.24) is 10.2 Å². The number of rotatable bonds is 3. The summed E-state index contributed by atoms with van der Waals surface area (Å²) in [6.07, 6.45) is 1.19. The van der Waals surface area contributed by atoms with Crippen LogP contribution in [0.5, 0.6) is 0 Å². The Hall–Kier alpha value is -0.850. The lowest BCUT2D eigenvalue weighted by Crippen LogP contribution is -2.40. The minimum Gasteiger partial charge on any atom is -0.357 e. The second-order valence-electron chi connectivity index (χ2n) is 6.13. The van der Waals surface area contributed by atoms with Gasteiger partial charge < -0.3 is 10.2 Å². The van der Waals surface area contributed by atoms with E-state index < -0.39 is 0 Å². The molecule has 1 fully saturated rings. The van der Waals surface area contributed by atoms with E-state index in [0.29, 0.717) is 12.0 Å². The number of likely N-dealkylation sites (tertiary alicyclic amines) is 1. The predicted octanol–water partition coefficient (Wildman–Crippen LogP) is 3.64. The van der Waals surface area contributed by atoms with Gasteiger partial charge in [-0.1, -0.05) is 26.0 Å². The maximum atomic E-state index is 12.9. The summed E-state index contributed by atoms with van der Waals surface area (Å²) in [6.45, 7) is 10.2. The van der Waals surface area contributed by atoms with Crippen LogP contribution in [0.1, 0.15) is 32.8 Å². The summed E-state index contributed by atoms with van der Waals surface area (Å²) in [6, 6.07) is 6.54. The van der Waals surface area contributed by atoms with E-state index in [1.165, 1.54) is 18.6 Å². The number of aliphatic imine (C=N–C) groups is 1. The van der Waals surface area contributed by atoms with Crippen molar-refractivity contribution in [3.05, 3.63) is 35.6 Å². The average molecular weight is 405 g/mol. The molecule has 0 aromatic heterocycles. The highest BCUT2D eigenvalue weighted by atomic mass is 127. The van der Waals surface area contributed by atoms with Crippen LogP contribution >= 0.6 is 24.0 Å². The fraction of sp³-hybridized carbons (Fsp3) is 0.562. The van der Waals surface area contributed by atoms with Crippen LogP contribution in [0.4, 0.5) is 4.39 Å². The number of hydrogen-bond donors (Lipinski definition) is 1. The third kappa shape index (κ3) is 5.45. The Kier molecular flexibility index (Phi) is 6.90. The van der Waals surface area contributed by atoms with Gasteiger partial charge in [0.05, 0.1) is 6.54 Å². The van der Waals surface area contributed by atoms with Gasteiger partial charge in [0.1, 0.15) is 5.82 Å². The van der Waals surface area contributed by atoms with Crippen molar-refractivity contribution in [3.8, 4) is 0 Å². The number of nitrogens with one attached hydrogen (secondary N) is 1. The zero-order valence-corrected chi connectivity index (χ0v) is 15.4. The average Bonchev–Trinajstić information content (AvgIpc) is 2.77. The molecule has 0 aliphatic carbocycles. The lowest BCUT2D eigenvalue weighted by Gasteiger charge is -2.23. The van der Waals surface area contributed by atoms with Crippen molar-refractivity contribution < 1.29 is 4.39 Å². The number of hydrogen-bond acceptors (Lipinski definition) is 1. The molecule has 0 radical (unpaired) electrons. The second-order valence-corrected chi connectivity index (χ2v) is 6.13. The summed E-state index contributed by atoms with van der Waals surface area (Å²) >= 11 is 0. The van der Waals surface area contributed by atoms with Crippen molar-refractivity contribution >= 4 is 29.9 Å². The molecule has 0 amide bonds. The van der Waals surface area contributed by atoms with Crippen LogP contribution < -0.4 is 5.32 Å². The van der Waals surface area contributed by atoms with Crippen LogP contribution in [0, 0.1) is 11.2 Å².